The van der Waals surface area contributed by atoms with Crippen molar-refractivity contribution in [2.75, 3.05) is 5.32 Å². The second-order valence-corrected chi connectivity index (χ2v) is 4.38. The molecule has 2 N–H and O–H groups in total. The Bertz CT molecular complexity index is 631. The third-order valence-electron chi connectivity index (χ3n) is 2.53. The fourth-order valence-electron chi connectivity index (χ4n) is 1.79. The average molecular weight is 285 g/mol. The number of anilines is 1. The molecular formula is C10H13BN5NaO3. The molecule has 1 amide bonds. The molecule has 0 atom stereocenters. The van der Waals surface area contributed by atoms with Crippen LogP contribution in [-0.4, -0.2) is 37.8 Å². The van der Waals surface area contributed by atoms with Gasteiger partial charge in [-0.05, 0) is 13.8 Å². The molecular weight excluding hydrogens is 272 g/mol. The van der Waals surface area contributed by atoms with Gasteiger partial charge in [0.25, 0.3) is 0 Å². The van der Waals surface area contributed by atoms with Crippen LogP contribution in [-0.2, 0) is 4.79 Å². The fourth-order valence-corrected chi connectivity index (χ4v) is 1.79. The Morgan fingerprint density at radius 3 is 2.65 bits per heavy atom. The van der Waals surface area contributed by atoms with Gasteiger partial charge in [-0.1, -0.05) is 0 Å². The molecule has 0 saturated heterocycles. The molecule has 100 valence electrons. The summed E-state index contributed by atoms with van der Waals surface area (Å²) in [5, 5.41) is 27.4. The Balaban J connectivity index is 0.00000200. The molecule has 0 unspecified atom stereocenters. The van der Waals surface area contributed by atoms with Crippen LogP contribution in [0.3, 0.4) is 0 Å². The Labute approximate surface area is 138 Å². The number of hydrogen-bond acceptors (Lipinski definition) is 6. The maximum Gasteiger partial charge on any atom is 1.00 e. The van der Waals surface area contributed by atoms with Crippen LogP contribution < -0.4 is 45.5 Å². The first-order valence-electron chi connectivity index (χ1n) is 5.76. The summed E-state index contributed by atoms with van der Waals surface area (Å²) in [7, 11) is -2.01. The Kier molecular flexibility index (Phi) is 5.66. The van der Waals surface area contributed by atoms with Crippen LogP contribution in [0.2, 0.25) is 0 Å². The van der Waals surface area contributed by atoms with Gasteiger partial charge in [-0.25, -0.2) is 14.6 Å². The molecule has 0 aromatic carbocycles. The van der Waals surface area contributed by atoms with E-state index in [9.17, 15) is 14.8 Å². The standard InChI is InChI=1S/C10H13BN5O3.Na/c1-5(2)16-10-7(8(15-16)11(18)19)9(12-4-13-10)14-6(3)17;/h4-5,18H,1-3H3,(H,12,13,14,17);/q-1;+1. The molecule has 0 spiro atoms. The van der Waals surface area contributed by atoms with Gasteiger partial charge >= 0.3 is 29.6 Å². The van der Waals surface area contributed by atoms with Gasteiger partial charge < -0.3 is 15.4 Å². The Hall–Kier alpha value is -0.995. The minimum atomic E-state index is -2.01. The molecule has 0 fully saturated rings. The average Bonchev–Trinajstić information content (AvgIpc) is 2.68. The number of rotatable bonds is 3. The summed E-state index contributed by atoms with van der Waals surface area (Å²) in [6.07, 6.45) is 1.27. The van der Waals surface area contributed by atoms with Gasteiger partial charge in [0.05, 0.1) is 11.0 Å². The van der Waals surface area contributed by atoms with Gasteiger partial charge in [0, 0.05) is 13.0 Å². The summed E-state index contributed by atoms with van der Waals surface area (Å²) in [6, 6.07) is -0.0462. The van der Waals surface area contributed by atoms with Crippen molar-refractivity contribution in [2.24, 2.45) is 0 Å². The number of carbonyl (C=O) groups is 1. The molecule has 0 aliphatic rings. The van der Waals surface area contributed by atoms with Gasteiger partial charge in [-0.2, -0.15) is 5.10 Å². The minimum absolute atomic E-state index is 0. The molecule has 2 aromatic heterocycles. The molecule has 0 aliphatic carbocycles. The van der Waals surface area contributed by atoms with Crippen LogP contribution in [0.4, 0.5) is 5.82 Å². The van der Waals surface area contributed by atoms with E-state index < -0.39 is 7.12 Å². The zero-order chi connectivity index (χ0) is 14.2. The van der Waals surface area contributed by atoms with Gasteiger partial charge in [-0.15, -0.1) is 0 Å². The quantitative estimate of drug-likeness (QED) is 0.548. The van der Waals surface area contributed by atoms with Gasteiger partial charge in [0.1, 0.15) is 12.1 Å². The number of nitrogens with one attached hydrogen (secondary N) is 1. The summed E-state index contributed by atoms with van der Waals surface area (Å²) < 4.78 is 1.51. The van der Waals surface area contributed by atoms with Gasteiger partial charge in [-0.3, -0.25) is 4.79 Å². The van der Waals surface area contributed by atoms with Gasteiger partial charge in [0.15, 0.2) is 5.65 Å². The second kappa shape index (κ2) is 6.64. The second-order valence-electron chi connectivity index (χ2n) is 4.38. The van der Waals surface area contributed by atoms with Crippen LogP contribution in [0.25, 0.3) is 11.0 Å². The van der Waals surface area contributed by atoms with Crippen LogP contribution in [0.5, 0.6) is 0 Å². The molecule has 2 rings (SSSR count). The summed E-state index contributed by atoms with van der Waals surface area (Å²) in [4.78, 5) is 19.1. The third kappa shape index (κ3) is 3.18. The zero-order valence-electron chi connectivity index (χ0n) is 11.8. The third-order valence-corrected chi connectivity index (χ3v) is 2.53. The van der Waals surface area contributed by atoms with E-state index in [1.54, 1.807) is 0 Å². The molecule has 0 radical (unpaired) electrons. The van der Waals surface area contributed by atoms with Crippen LogP contribution >= 0.6 is 0 Å². The monoisotopic (exact) mass is 285 g/mol. The maximum absolute atomic E-state index is 11.3. The largest absolute Gasteiger partial charge is 1.00 e. The molecule has 0 bridgehead atoms. The molecule has 0 aliphatic heterocycles. The van der Waals surface area contributed by atoms with Crippen molar-refractivity contribution in [1.82, 2.24) is 19.7 Å². The molecule has 20 heavy (non-hydrogen) atoms. The first-order chi connectivity index (χ1) is 8.91. The van der Waals surface area contributed by atoms with Crippen molar-refractivity contribution in [3.63, 3.8) is 0 Å². The first-order valence-corrected chi connectivity index (χ1v) is 5.76. The zero-order valence-corrected chi connectivity index (χ0v) is 13.8. The summed E-state index contributed by atoms with van der Waals surface area (Å²) in [5.41, 5.74) is 0.312. The SMILES string of the molecule is CC(=O)Nc1ncnc2c1c(B([O-])O)nn2C(C)C.[Na+]. The van der Waals surface area contributed by atoms with Crippen LogP contribution in [0.1, 0.15) is 26.8 Å². The summed E-state index contributed by atoms with van der Waals surface area (Å²) >= 11 is 0. The fraction of sp³-hybridized carbons (Fsp3) is 0.400. The molecule has 10 heteroatoms. The number of fused-ring (bicyclic) bond motifs is 1. The van der Waals surface area contributed by atoms with E-state index in [2.05, 4.69) is 20.4 Å². The Morgan fingerprint density at radius 2 is 2.15 bits per heavy atom. The number of amides is 1. The number of aromatic nitrogens is 4. The maximum atomic E-state index is 11.3. The topological polar surface area (TPSA) is 116 Å². The van der Waals surface area contributed by atoms with E-state index in [1.807, 2.05) is 13.8 Å². The van der Waals surface area contributed by atoms with Crippen molar-refractivity contribution in [3.05, 3.63) is 6.33 Å². The minimum Gasteiger partial charge on any atom is -0.852 e. The van der Waals surface area contributed by atoms with E-state index in [0.29, 0.717) is 5.65 Å². The van der Waals surface area contributed by atoms with Gasteiger partial charge in [0.2, 0.25) is 13.0 Å². The predicted octanol–water partition coefficient (Wildman–Crippen LogP) is -4.58. The number of hydrogen-bond donors (Lipinski definition) is 2. The molecule has 8 nitrogen and oxygen atoms in total. The van der Waals surface area contributed by atoms with Crippen LogP contribution in [0.15, 0.2) is 6.33 Å². The van der Waals surface area contributed by atoms with E-state index >= 15 is 0 Å². The first kappa shape index (κ1) is 17.1. The predicted molar refractivity (Wildman–Crippen MR) is 67.6 cm³/mol. The smallest absolute Gasteiger partial charge is 0.852 e. The van der Waals surface area contributed by atoms with E-state index in [-0.39, 0.29) is 58.3 Å². The molecule has 0 saturated carbocycles. The van der Waals surface area contributed by atoms with Crippen molar-refractivity contribution < 1.29 is 44.4 Å². The molecule has 2 heterocycles. The van der Waals surface area contributed by atoms with Crippen molar-refractivity contribution in [1.29, 1.82) is 0 Å². The van der Waals surface area contributed by atoms with Crippen LogP contribution in [0, 0.1) is 0 Å². The number of nitrogens with zero attached hydrogens (tertiary/aromatic N) is 4. The van der Waals surface area contributed by atoms with Crippen molar-refractivity contribution in [2.45, 2.75) is 26.8 Å². The number of carbonyl (C=O) groups excluding carboxylic acids is 1. The van der Waals surface area contributed by atoms with Crippen molar-refractivity contribution >= 4 is 35.5 Å². The normalized spacial score (nSPS) is 10.5. The molecule has 2 aromatic rings. The Morgan fingerprint density at radius 1 is 1.50 bits per heavy atom. The van der Waals surface area contributed by atoms with E-state index in [1.165, 1.54) is 17.9 Å². The summed E-state index contributed by atoms with van der Waals surface area (Å²) in [6.45, 7) is 5.06. The van der Waals surface area contributed by atoms with E-state index in [4.69, 9.17) is 0 Å². The van der Waals surface area contributed by atoms with Crippen molar-refractivity contribution in [3.8, 4) is 0 Å². The van der Waals surface area contributed by atoms with E-state index in [0.717, 1.165) is 0 Å². The summed E-state index contributed by atoms with van der Waals surface area (Å²) in [5.74, 6) is -0.155.